The number of carbonyl (C=O) groups is 1. The van der Waals surface area contributed by atoms with Crippen LogP contribution >= 0.6 is 0 Å². The Labute approximate surface area is 348 Å². The zero-order valence-corrected chi connectivity index (χ0v) is 35.2. The van der Waals surface area contributed by atoms with Crippen molar-refractivity contribution in [3.63, 3.8) is 0 Å². The molecule has 0 spiro atoms. The molecule has 7 heteroatoms. The zero-order valence-electron chi connectivity index (χ0n) is 35.2. The van der Waals surface area contributed by atoms with Crippen LogP contribution in [0.5, 0.6) is 0 Å². The maximum atomic E-state index is 13.7. The first-order chi connectivity index (χ1) is 28.7. The number of fused-ring (bicyclic) bond motifs is 4. The van der Waals surface area contributed by atoms with E-state index in [-0.39, 0.29) is 18.2 Å². The number of nitrogens with zero attached hydrogens (tertiary/aromatic N) is 3. The number of benzene rings is 4. The van der Waals surface area contributed by atoms with Gasteiger partial charge < -0.3 is 14.7 Å². The van der Waals surface area contributed by atoms with E-state index in [0.29, 0.717) is 11.8 Å². The zero-order chi connectivity index (χ0) is 39.8. The fraction of sp³-hybridized carbons (Fsp3) is 0.481. The molecule has 1 saturated heterocycles. The van der Waals surface area contributed by atoms with E-state index in [0.717, 1.165) is 85.6 Å². The standard InChI is InChI=1S/C52H59N5O2/c1-52(2,3)59-51(58)57-47-11-7-6-10-39(47)30-48(57)50-54-44-23-21-38(29-46(44)56-50)42-25-32-13-17-33-16-12-31(14-18-34(42)19-15-32)24-41(33)37-20-22-43-45(28-37)55-49(53-43)40-26-35-8-4-5-9-36(35)27-40/h12,15-16,19-25,28-29,35-36,39-40,47-48H,4-11,13-14,17-18,26-27,30H2,1-3H3,(H,53,55)(H,54,56). The number of aryl methyl sites for hydroxylation is 4. The number of H-pyrrole nitrogens is 2. The molecule has 8 aliphatic rings. The number of rotatable bonds is 4. The molecule has 14 rings (SSSR count). The number of aromatic nitrogens is 4. The Morgan fingerprint density at radius 3 is 1.76 bits per heavy atom. The van der Waals surface area contributed by atoms with Gasteiger partial charge in [-0.15, -0.1) is 0 Å². The van der Waals surface area contributed by atoms with E-state index in [1.807, 2.05) is 25.7 Å². The van der Waals surface area contributed by atoms with Gasteiger partial charge in [0.25, 0.3) is 0 Å². The van der Waals surface area contributed by atoms with E-state index in [1.54, 1.807) is 0 Å². The lowest BCUT2D eigenvalue weighted by atomic mass is 9.82. The molecule has 304 valence electrons. The molecule has 6 aromatic rings. The summed E-state index contributed by atoms with van der Waals surface area (Å²) in [7, 11) is 0. The summed E-state index contributed by atoms with van der Waals surface area (Å²) >= 11 is 0. The average Bonchev–Trinajstić information content (AvgIpc) is 4.03. The second-order valence-corrected chi connectivity index (χ2v) is 19.9. The maximum absolute atomic E-state index is 13.7. The number of hydrogen-bond acceptors (Lipinski definition) is 4. The first-order valence-corrected chi connectivity index (χ1v) is 22.9. The van der Waals surface area contributed by atoms with E-state index in [4.69, 9.17) is 14.7 Å². The van der Waals surface area contributed by atoms with E-state index in [9.17, 15) is 4.79 Å². The second-order valence-electron chi connectivity index (χ2n) is 19.9. The lowest BCUT2D eigenvalue weighted by molar-refractivity contribution is 0.00953. The Balaban J connectivity index is 0.858. The van der Waals surface area contributed by atoms with Crippen molar-refractivity contribution in [1.82, 2.24) is 24.8 Å². The van der Waals surface area contributed by atoms with Crippen LogP contribution in [0.15, 0.2) is 72.8 Å². The Morgan fingerprint density at radius 1 is 0.627 bits per heavy atom. The van der Waals surface area contributed by atoms with Crippen LogP contribution in [0.25, 0.3) is 44.3 Å². The molecule has 2 aromatic heterocycles. The molecule has 5 atom stereocenters. The number of aromatic amines is 2. The van der Waals surface area contributed by atoms with Crippen molar-refractivity contribution < 1.29 is 9.53 Å². The average molecular weight is 786 g/mol. The van der Waals surface area contributed by atoms with E-state index in [1.165, 1.54) is 101 Å². The van der Waals surface area contributed by atoms with Crippen LogP contribution in [-0.4, -0.2) is 42.6 Å². The molecule has 3 heterocycles. The van der Waals surface area contributed by atoms with Gasteiger partial charge in [0.05, 0.1) is 28.1 Å². The Hall–Kier alpha value is -4.91. The predicted molar refractivity (Wildman–Crippen MR) is 236 cm³/mol. The molecule has 2 N–H and O–H groups in total. The highest BCUT2D eigenvalue weighted by Crippen LogP contribution is 2.49. The molecule has 1 aliphatic heterocycles. The van der Waals surface area contributed by atoms with Gasteiger partial charge in [0.2, 0.25) is 0 Å². The third kappa shape index (κ3) is 7.06. The van der Waals surface area contributed by atoms with Crippen molar-refractivity contribution in [3.05, 3.63) is 107 Å². The Kier molecular flexibility index (Phi) is 9.23. The van der Waals surface area contributed by atoms with Crippen molar-refractivity contribution in [2.45, 2.75) is 141 Å². The molecule has 1 amide bonds. The lowest BCUT2D eigenvalue weighted by Crippen LogP contribution is -2.43. The molecule has 4 bridgehead atoms. The highest BCUT2D eigenvalue weighted by atomic mass is 16.6. The summed E-state index contributed by atoms with van der Waals surface area (Å²) in [6.07, 6.45) is 17.5. The summed E-state index contributed by atoms with van der Waals surface area (Å²) in [5.41, 5.74) is 14.4. The molecule has 7 nitrogen and oxygen atoms in total. The van der Waals surface area contributed by atoms with Crippen molar-refractivity contribution in [1.29, 1.82) is 0 Å². The topological polar surface area (TPSA) is 86.9 Å². The second kappa shape index (κ2) is 14.7. The molecule has 4 aromatic carbocycles. The summed E-state index contributed by atoms with van der Waals surface area (Å²) < 4.78 is 5.98. The molecular weight excluding hydrogens is 727 g/mol. The summed E-state index contributed by atoms with van der Waals surface area (Å²) in [4.78, 5) is 33.5. The quantitative estimate of drug-likeness (QED) is 0.186. The van der Waals surface area contributed by atoms with Crippen molar-refractivity contribution in [3.8, 4) is 22.3 Å². The van der Waals surface area contributed by atoms with Crippen LogP contribution in [0.4, 0.5) is 4.79 Å². The number of imidazole rings is 2. The Morgan fingerprint density at radius 2 is 1.17 bits per heavy atom. The maximum Gasteiger partial charge on any atom is 0.411 e. The number of carbonyl (C=O) groups excluding carboxylic acids is 1. The molecule has 0 radical (unpaired) electrons. The minimum atomic E-state index is -0.541. The van der Waals surface area contributed by atoms with Crippen molar-refractivity contribution >= 4 is 28.2 Å². The Bertz CT molecular complexity index is 2540. The number of ether oxygens (including phenoxy) is 1. The molecule has 7 aliphatic carbocycles. The summed E-state index contributed by atoms with van der Waals surface area (Å²) in [6, 6.07) is 28.1. The lowest BCUT2D eigenvalue weighted by Gasteiger charge is -2.34. The first kappa shape index (κ1) is 37.1. The predicted octanol–water partition coefficient (Wildman–Crippen LogP) is 12.6. The third-order valence-corrected chi connectivity index (χ3v) is 15.0. The highest BCUT2D eigenvalue weighted by molar-refractivity contribution is 5.85. The van der Waals surface area contributed by atoms with Gasteiger partial charge in [0.15, 0.2) is 0 Å². The van der Waals surface area contributed by atoms with E-state index >= 15 is 0 Å². The van der Waals surface area contributed by atoms with Gasteiger partial charge in [-0.3, -0.25) is 4.90 Å². The minimum absolute atomic E-state index is 0.102. The van der Waals surface area contributed by atoms with E-state index in [2.05, 4.69) is 82.8 Å². The van der Waals surface area contributed by atoms with E-state index < -0.39 is 5.60 Å². The van der Waals surface area contributed by atoms with Gasteiger partial charge in [0.1, 0.15) is 17.2 Å². The summed E-state index contributed by atoms with van der Waals surface area (Å²) in [5.74, 6) is 4.97. The highest BCUT2D eigenvalue weighted by Gasteiger charge is 2.47. The summed E-state index contributed by atoms with van der Waals surface area (Å²) in [6.45, 7) is 5.86. The number of hydrogen-bond donors (Lipinski definition) is 2. The molecule has 4 fully saturated rings. The van der Waals surface area contributed by atoms with Gasteiger partial charge in [-0.1, -0.05) is 87.1 Å². The fourth-order valence-corrected chi connectivity index (χ4v) is 12.1. The number of nitrogens with one attached hydrogen (secondary N) is 2. The normalized spacial score (nSPS) is 25.6. The fourth-order valence-electron chi connectivity index (χ4n) is 12.1. The summed E-state index contributed by atoms with van der Waals surface area (Å²) in [5, 5.41) is 0. The molecular formula is C52H59N5O2. The van der Waals surface area contributed by atoms with Gasteiger partial charge in [-0.25, -0.2) is 14.8 Å². The van der Waals surface area contributed by atoms with Gasteiger partial charge >= 0.3 is 6.09 Å². The van der Waals surface area contributed by atoms with Gasteiger partial charge in [-0.2, -0.15) is 0 Å². The first-order valence-electron chi connectivity index (χ1n) is 22.9. The van der Waals surface area contributed by atoms with Crippen LogP contribution in [0.1, 0.15) is 137 Å². The monoisotopic (exact) mass is 785 g/mol. The van der Waals surface area contributed by atoms with Crippen LogP contribution in [0, 0.1) is 17.8 Å². The smallest absolute Gasteiger partial charge is 0.411 e. The number of likely N-dealkylation sites (tertiary alicyclic amines) is 1. The van der Waals surface area contributed by atoms with Crippen molar-refractivity contribution in [2.75, 3.05) is 0 Å². The van der Waals surface area contributed by atoms with Crippen LogP contribution in [-0.2, 0) is 30.4 Å². The van der Waals surface area contributed by atoms with Crippen LogP contribution in [0.3, 0.4) is 0 Å². The number of amides is 1. The van der Waals surface area contributed by atoms with Gasteiger partial charge in [0, 0.05) is 12.0 Å². The minimum Gasteiger partial charge on any atom is -0.444 e. The molecule has 5 unspecified atom stereocenters. The third-order valence-electron chi connectivity index (χ3n) is 15.0. The van der Waals surface area contributed by atoms with Crippen LogP contribution in [0.2, 0.25) is 0 Å². The van der Waals surface area contributed by atoms with Crippen molar-refractivity contribution in [2.24, 2.45) is 17.8 Å². The SMILES string of the molecule is CC(C)(C)OC(=O)N1C(c2nc3ccc(-c4cc5ccc4CCc4ccc(c(-c6ccc7nc(C8CC9CCCCC9C8)[nH]c7c6)c4)CC5)cc3[nH]2)CC2CCCCC21. The van der Waals surface area contributed by atoms with Crippen LogP contribution < -0.4 is 0 Å². The molecule has 59 heavy (non-hydrogen) atoms. The molecule has 3 saturated carbocycles. The largest absolute Gasteiger partial charge is 0.444 e. The van der Waals surface area contributed by atoms with Gasteiger partial charge in [-0.05, 0) is 165 Å².